The largest absolute Gasteiger partial charge is 0.490 e. The predicted molar refractivity (Wildman–Crippen MR) is 87.4 cm³/mol. The van der Waals surface area contributed by atoms with E-state index in [2.05, 4.69) is 42.0 Å². The summed E-state index contributed by atoms with van der Waals surface area (Å²) in [5.74, 6) is 0.767. The van der Waals surface area contributed by atoms with E-state index in [-0.39, 0.29) is 12.1 Å². The van der Waals surface area contributed by atoms with E-state index in [1.54, 1.807) is 0 Å². The van der Waals surface area contributed by atoms with E-state index in [1.807, 2.05) is 25.1 Å². The average Bonchev–Trinajstić information content (AvgIpc) is 2.44. The van der Waals surface area contributed by atoms with E-state index in [0.29, 0.717) is 6.54 Å². The Morgan fingerprint density at radius 3 is 2.55 bits per heavy atom. The zero-order valence-corrected chi connectivity index (χ0v) is 14.5. The first-order valence-electron chi connectivity index (χ1n) is 7.22. The van der Waals surface area contributed by atoms with Gasteiger partial charge < -0.3 is 15.2 Å². The lowest BCUT2D eigenvalue weighted by Gasteiger charge is -2.29. The second-order valence-corrected chi connectivity index (χ2v) is 6.40. The van der Waals surface area contributed by atoms with Gasteiger partial charge in [0, 0.05) is 12.1 Å². The zero-order chi connectivity index (χ0) is 15.2. The average molecular weight is 344 g/mol. The van der Waals surface area contributed by atoms with Gasteiger partial charge in [0.2, 0.25) is 0 Å². The summed E-state index contributed by atoms with van der Waals surface area (Å²) in [7, 11) is 0. The van der Waals surface area contributed by atoms with E-state index >= 15 is 0 Å². The van der Waals surface area contributed by atoms with E-state index in [1.165, 1.54) is 5.56 Å². The highest BCUT2D eigenvalue weighted by molar-refractivity contribution is 9.10. The Kier molecular flexibility index (Phi) is 7.00. The molecule has 2 N–H and O–H groups in total. The number of aliphatic hydroxyl groups is 1. The van der Waals surface area contributed by atoms with Crippen molar-refractivity contribution >= 4 is 15.9 Å². The number of hydrogen-bond donors (Lipinski definition) is 2. The minimum atomic E-state index is -0.513. The number of ether oxygens (including phenoxy) is 1. The maximum atomic E-state index is 10.0. The summed E-state index contributed by atoms with van der Waals surface area (Å²) in [6.07, 6.45) is 1.57. The van der Waals surface area contributed by atoms with Crippen molar-refractivity contribution in [1.82, 2.24) is 5.32 Å². The molecule has 0 spiro atoms. The number of aliphatic hydroxyl groups excluding tert-OH is 1. The molecule has 0 aliphatic carbocycles. The monoisotopic (exact) mass is 343 g/mol. The van der Waals surface area contributed by atoms with E-state index in [0.717, 1.165) is 23.1 Å². The van der Waals surface area contributed by atoms with Crippen molar-refractivity contribution in [3.63, 3.8) is 0 Å². The van der Waals surface area contributed by atoms with Gasteiger partial charge in [-0.3, -0.25) is 0 Å². The van der Waals surface area contributed by atoms with Crippen LogP contribution in [0.1, 0.15) is 39.2 Å². The van der Waals surface area contributed by atoms with Gasteiger partial charge in [-0.1, -0.05) is 19.9 Å². The van der Waals surface area contributed by atoms with Crippen LogP contribution in [0.5, 0.6) is 5.75 Å². The minimum Gasteiger partial charge on any atom is -0.490 e. The van der Waals surface area contributed by atoms with Gasteiger partial charge >= 0.3 is 0 Å². The lowest BCUT2D eigenvalue weighted by atomic mass is 9.95. The van der Waals surface area contributed by atoms with E-state index in [4.69, 9.17) is 4.74 Å². The van der Waals surface area contributed by atoms with Crippen molar-refractivity contribution < 1.29 is 9.84 Å². The third kappa shape index (κ3) is 5.43. The molecule has 0 aliphatic rings. The van der Waals surface area contributed by atoms with Crippen LogP contribution in [-0.2, 0) is 0 Å². The van der Waals surface area contributed by atoms with Crippen LogP contribution in [0.4, 0.5) is 0 Å². The number of halogens is 1. The summed E-state index contributed by atoms with van der Waals surface area (Å²) in [5.41, 5.74) is 1.26. The predicted octanol–water partition coefficient (Wildman–Crippen LogP) is 3.67. The molecule has 1 unspecified atom stereocenters. The Hall–Kier alpha value is -0.580. The first-order chi connectivity index (χ1) is 9.40. The van der Waals surface area contributed by atoms with Crippen molar-refractivity contribution in [3.8, 4) is 5.75 Å². The first-order valence-corrected chi connectivity index (χ1v) is 8.01. The first kappa shape index (κ1) is 17.5. The summed E-state index contributed by atoms with van der Waals surface area (Å²) < 4.78 is 6.57. The second kappa shape index (κ2) is 8.01. The van der Waals surface area contributed by atoms with Gasteiger partial charge in [-0.05, 0) is 60.3 Å². The fourth-order valence-electron chi connectivity index (χ4n) is 1.83. The standard InChI is InChI=1S/C16H26BrNO2/c1-5-16(4,6-2)18-10-13(19)11-20-15-8-7-12(3)9-14(15)17/h7-9,13,18-19H,5-6,10-11H2,1-4H3. The summed E-state index contributed by atoms with van der Waals surface area (Å²) >= 11 is 3.47. The fourth-order valence-corrected chi connectivity index (χ4v) is 2.44. The third-order valence-electron chi connectivity index (χ3n) is 3.84. The van der Waals surface area contributed by atoms with Crippen LogP contribution >= 0.6 is 15.9 Å². The molecule has 0 heterocycles. The van der Waals surface area contributed by atoms with Crippen molar-refractivity contribution in [3.05, 3.63) is 28.2 Å². The van der Waals surface area contributed by atoms with E-state index in [9.17, 15) is 5.11 Å². The molecule has 20 heavy (non-hydrogen) atoms. The minimum absolute atomic E-state index is 0.0887. The summed E-state index contributed by atoms with van der Waals surface area (Å²) in [4.78, 5) is 0. The molecule has 114 valence electrons. The van der Waals surface area contributed by atoms with Crippen molar-refractivity contribution in [2.75, 3.05) is 13.2 Å². The number of rotatable bonds is 8. The Balaban J connectivity index is 2.41. The number of benzene rings is 1. The molecule has 0 aliphatic heterocycles. The van der Waals surface area contributed by atoms with Gasteiger partial charge in [-0.2, -0.15) is 0 Å². The molecule has 1 rings (SSSR count). The highest BCUT2D eigenvalue weighted by atomic mass is 79.9. The fraction of sp³-hybridized carbons (Fsp3) is 0.625. The molecule has 0 radical (unpaired) electrons. The Bertz CT molecular complexity index is 419. The maximum Gasteiger partial charge on any atom is 0.133 e. The molecule has 0 aromatic heterocycles. The third-order valence-corrected chi connectivity index (χ3v) is 4.46. The lowest BCUT2D eigenvalue weighted by Crippen LogP contribution is -2.46. The molecule has 0 amide bonds. The molecule has 0 fully saturated rings. The normalized spacial score (nSPS) is 13.3. The molecule has 3 nitrogen and oxygen atoms in total. The topological polar surface area (TPSA) is 41.5 Å². The number of nitrogens with one attached hydrogen (secondary N) is 1. The van der Waals surface area contributed by atoms with Crippen LogP contribution in [0.15, 0.2) is 22.7 Å². The summed E-state index contributed by atoms with van der Waals surface area (Å²) in [5, 5.41) is 13.4. The highest BCUT2D eigenvalue weighted by Crippen LogP contribution is 2.25. The molecule has 1 aromatic rings. The molecule has 0 bridgehead atoms. The summed E-state index contributed by atoms with van der Waals surface area (Å²) in [6, 6.07) is 5.92. The second-order valence-electron chi connectivity index (χ2n) is 5.55. The number of β-amino-alcohol motifs (C(OH)–C–C–N with tert-alkyl or cyclic N) is 1. The van der Waals surface area contributed by atoms with Gasteiger partial charge in [0.1, 0.15) is 18.5 Å². The quantitative estimate of drug-likeness (QED) is 0.756. The van der Waals surface area contributed by atoms with Gasteiger partial charge in [0.05, 0.1) is 4.47 Å². The van der Waals surface area contributed by atoms with Crippen molar-refractivity contribution in [2.24, 2.45) is 0 Å². The molecule has 0 saturated carbocycles. The Morgan fingerprint density at radius 2 is 2.00 bits per heavy atom. The van der Waals surface area contributed by atoms with Gasteiger partial charge in [0.25, 0.3) is 0 Å². The SMILES string of the molecule is CCC(C)(CC)NCC(O)COc1ccc(C)cc1Br. The summed E-state index contributed by atoms with van der Waals surface area (Å²) in [6.45, 7) is 9.35. The Labute approximate surface area is 130 Å². The van der Waals surface area contributed by atoms with Crippen LogP contribution in [-0.4, -0.2) is 29.9 Å². The van der Waals surface area contributed by atoms with E-state index < -0.39 is 6.10 Å². The van der Waals surface area contributed by atoms with Gasteiger partial charge in [-0.15, -0.1) is 0 Å². The van der Waals surface area contributed by atoms with Crippen molar-refractivity contribution in [2.45, 2.75) is 52.2 Å². The van der Waals surface area contributed by atoms with Crippen LogP contribution < -0.4 is 10.1 Å². The molecule has 1 atom stereocenters. The molecular formula is C16H26BrNO2. The lowest BCUT2D eigenvalue weighted by molar-refractivity contribution is 0.0963. The smallest absolute Gasteiger partial charge is 0.133 e. The number of aryl methyl sites for hydroxylation is 1. The Morgan fingerprint density at radius 1 is 1.35 bits per heavy atom. The van der Waals surface area contributed by atoms with Crippen LogP contribution in [0, 0.1) is 6.92 Å². The van der Waals surface area contributed by atoms with Crippen LogP contribution in [0.3, 0.4) is 0 Å². The molecule has 1 aromatic carbocycles. The van der Waals surface area contributed by atoms with Gasteiger partial charge in [0.15, 0.2) is 0 Å². The van der Waals surface area contributed by atoms with Crippen LogP contribution in [0.25, 0.3) is 0 Å². The molecule has 4 heteroatoms. The van der Waals surface area contributed by atoms with Crippen molar-refractivity contribution in [1.29, 1.82) is 0 Å². The maximum absolute atomic E-state index is 10.0. The highest BCUT2D eigenvalue weighted by Gasteiger charge is 2.20. The zero-order valence-electron chi connectivity index (χ0n) is 12.9. The van der Waals surface area contributed by atoms with Gasteiger partial charge in [-0.25, -0.2) is 0 Å². The number of hydrogen-bond acceptors (Lipinski definition) is 3. The van der Waals surface area contributed by atoms with Crippen LogP contribution in [0.2, 0.25) is 0 Å². The molecule has 0 saturated heterocycles. The molecular weight excluding hydrogens is 318 g/mol.